The third kappa shape index (κ3) is 32.2. The molecule has 0 spiro atoms. The van der Waals surface area contributed by atoms with Crippen molar-refractivity contribution in [3.05, 3.63) is 0 Å². The van der Waals surface area contributed by atoms with Crippen molar-refractivity contribution in [1.82, 2.24) is 0 Å². The van der Waals surface area contributed by atoms with Gasteiger partial charge in [-0.2, -0.15) is 0 Å². The summed E-state index contributed by atoms with van der Waals surface area (Å²) >= 11 is 0. The molecular formula is C3H8Na4O4. The molecule has 0 aromatic carbocycles. The molecule has 0 aliphatic heterocycles. The second-order valence-corrected chi connectivity index (χ2v) is 0.964. The van der Waals surface area contributed by atoms with Crippen molar-refractivity contribution >= 4 is 11.9 Å². The minimum atomic E-state index is -1.31. The maximum atomic E-state index is 9.43. The van der Waals surface area contributed by atoms with E-state index < -0.39 is 18.4 Å². The third-order valence-corrected chi connectivity index (χ3v) is 0.302. The van der Waals surface area contributed by atoms with Crippen LogP contribution in [0.1, 0.15) is 12.1 Å². The van der Waals surface area contributed by atoms with Crippen LogP contribution in [0.3, 0.4) is 0 Å². The molecule has 0 fully saturated rings. The summed E-state index contributed by atoms with van der Waals surface area (Å²) in [6.07, 6.45) is -0.806. The van der Waals surface area contributed by atoms with E-state index in [2.05, 4.69) is 0 Å². The number of hydrogen-bond acceptors (Lipinski definition) is 2. The van der Waals surface area contributed by atoms with Gasteiger partial charge in [0.15, 0.2) is 0 Å². The molecule has 0 radical (unpaired) electrons. The maximum absolute atomic E-state index is 9.43. The first-order valence-electron chi connectivity index (χ1n) is 1.56. The normalized spacial score (nSPS) is 5.09. The Hall–Kier alpha value is 2.94. The molecule has 0 bridgehead atoms. The molecule has 0 aromatic rings. The van der Waals surface area contributed by atoms with E-state index in [0.29, 0.717) is 0 Å². The van der Waals surface area contributed by atoms with Crippen LogP contribution < -0.4 is 118 Å². The van der Waals surface area contributed by atoms with Gasteiger partial charge >= 0.3 is 130 Å². The second-order valence-electron chi connectivity index (χ2n) is 0.964. The Bertz CT molecular complexity index is 106. The average Bonchev–Trinajstić information content (AvgIpc) is 1.27. The van der Waals surface area contributed by atoms with E-state index >= 15 is 0 Å². The first kappa shape index (κ1) is 29.2. The molecule has 0 aliphatic carbocycles. The first-order valence-corrected chi connectivity index (χ1v) is 1.56. The predicted octanol–water partition coefficient (Wildman–Crippen LogP) is -12.0. The van der Waals surface area contributed by atoms with Crippen molar-refractivity contribution in [3.8, 4) is 0 Å². The molecule has 0 saturated carbocycles. The summed E-state index contributed by atoms with van der Waals surface area (Å²) in [5.41, 5.74) is 0. The number of aliphatic carboxylic acids is 2. The van der Waals surface area contributed by atoms with Crippen molar-refractivity contribution in [1.29, 1.82) is 0 Å². The van der Waals surface area contributed by atoms with Crippen molar-refractivity contribution < 1.29 is 144 Å². The van der Waals surface area contributed by atoms with E-state index in [9.17, 15) is 9.59 Å². The van der Waals surface area contributed by atoms with E-state index in [1.807, 2.05) is 0 Å². The van der Waals surface area contributed by atoms with Crippen molar-refractivity contribution in [2.45, 2.75) is 6.42 Å². The zero-order valence-electron chi connectivity index (χ0n) is 11.4. The van der Waals surface area contributed by atoms with Crippen molar-refractivity contribution in [2.75, 3.05) is 0 Å². The van der Waals surface area contributed by atoms with Gasteiger partial charge in [-0.3, -0.25) is 9.59 Å². The molecule has 0 aliphatic rings. The van der Waals surface area contributed by atoms with Gasteiger partial charge in [-0.1, -0.05) is 0 Å². The van der Waals surface area contributed by atoms with Crippen LogP contribution in [-0.4, -0.2) is 22.2 Å². The van der Waals surface area contributed by atoms with Gasteiger partial charge in [0, 0.05) is 0 Å². The summed E-state index contributed by atoms with van der Waals surface area (Å²) in [7, 11) is 0. The number of rotatable bonds is 2. The van der Waals surface area contributed by atoms with Crippen LogP contribution in [0.5, 0.6) is 0 Å². The van der Waals surface area contributed by atoms with Gasteiger partial charge in [0.1, 0.15) is 6.42 Å². The zero-order valence-corrected chi connectivity index (χ0v) is 15.4. The minimum Gasteiger partial charge on any atom is -1.00 e. The van der Waals surface area contributed by atoms with Gasteiger partial charge in [-0.25, -0.2) is 0 Å². The molecule has 8 heteroatoms. The Labute approximate surface area is 159 Å². The zero-order chi connectivity index (χ0) is 5.86. The van der Waals surface area contributed by atoms with Crippen molar-refractivity contribution in [3.63, 3.8) is 0 Å². The molecule has 0 saturated heterocycles. The summed E-state index contributed by atoms with van der Waals surface area (Å²) in [6, 6.07) is 0. The Morgan fingerprint density at radius 2 is 1.09 bits per heavy atom. The van der Waals surface area contributed by atoms with Gasteiger partial charge in [-0.15, -0.1) is 0 Å². The Kier molecular flexibility index (Phi) is 49.6. The van der Waals surface area contributed by atoms with E-state index in [-0.39, 0.29) is 124 Å². The summed E-state index contributed by atoms with van der Waals surface area (Å²) in [4.78, 5) is 18.9. The van der Waals surface area contributed by atoms with E-state index in [1.54, 1.807) is 0 Å². The van der Waals surface area contributed by atoms with Crippen LogP contribution in [-0.2, 0) is 9.59 Å². The van der Waals surface area contributed by atoms with E-state index in [1.165, 1.54) is 0 Å². The first-order chi connectivity index (χ1) is 3.13. The Balaban J connectivity index is -0.00000000643. The van der Waals surface area contributed by atoms with Gasteiger partial charge in [0.25, 0.3) is 0 Å². The minimum absolute atomic E-state index is 0. The van der Waals surface area contributed by atoms with Crippen LogP contribution in [0.4, 0.5) is 0 Å². The smallest absolute Gasteiger partial charge is 1.00 e. The number of carboxylic acid groups (broad SMARTS) is 2. The van der Waals surface area contributed by atoms with Crippen LogP contribution in [0, 0.1) is 0 Å². The summed E-state index contributed by atoms with van der Waals surface area (Å²) in [5.74, 6) is -2.62. The fourth-order valence-electron chi connectivity index (χ4n) is 0.129. The standard InChI is InChI=1S/C3H4O4.4Na.4H/c4-2(5)1-3(6)7;;;;;;;;/h1H2,(H,4,5)(H,6,7);;;;;;;;/q;4*+1;4*-1. The van der Waals surface area contributed by atoms with Crippen molar-refractivity contribution in [2.24, 2.45) is 0 Å². The van der Waals surface area contributed by atoms with Gasteiger partial charge < -0.3 is 15.9 Å². The van der Waals surface area contributed by atoms with E-state index in [4.69, 9.17) is 10.2 Å². The average molecular weight is 200 g/mol. The molecule has 0 unspecified atom stereocenters. The maximum Gasteiger partial charge on any atom is 1.00 e. The molecule has 0 rings (SSSR count). The molecule has 0 amide bonds. The second kappa shape index (κ2) is 18.7. The third-order valence-electron chi connectivity index (χ3n) is 0.302. The monoisotopic (exact) mass is 200 g/mol. The molecular weight excluding hydrogens is 192 g/mol. The topological polar surface area (TPSA) is 74.6 Å². The molecule has 48 valence electrons. The predicted molar refractivity (Wildman–Crippen MR) is 24.3 cm³/mol. The number of hydrogen-bond donors (Lipinski definition) is 2. The summed E-state index contributed by atoms with van der Waals surface area (Å²) in [5, 5.41) is 15.4. The van der Waals surface area contributed by atoms with Crippen LogP contribution in [0.2, 0.25) is 0 Å². The van der Waals surface area contributed by atoms with Crippen LogP contribution >= 0.6 is 0 Å². The molecule has 0 atom stereocenters. The van der Waals surface area contributed by atoms with Gasteiger partial charge in [0.2, 0.25) is 0 Å². The summed E-state index contributed by atoms with van der Waals surface area (Å²) in [6.45, 7) is 0. The Morgan fingerprint density at radius 1 is 0.909 bits per heavy atom. The summed E-state index contributed by atoms with van der Waals surface area (Å²) < 4.78 is 0. The molecule has 2 N–H and O–H groups in total. The Morgan fingerprint density at radius 3 is 1.09 bits per heavy atom. The molecule has 0 heterocycles. The molecule has 11 heavy (non-hydrogen) atoms. The van der Waals surface area contributed by atoms with Gasteiger partial charge in [0.05, 0.1) is 0 Å². The van der Waals surface area contributed by atoms with Crippen LogP contribution in [0.15, 0.2) is 0 Å². The largest absolute Gasteiger partial charge is 1.00 e. The number of carboxylic acids is 2. The quantitative estimate of drug-likeness (QED) is 0.343. The van der Waals surface area contributed by atoms with E-state index in [0.717, 1.165) is 0 Å². The van der Waals surface area contributed by atoms with Gasteiger partial charge in [-0.05, 0) is 0 Å². The van der Waals surface area contributed by atoms with Crippen LogP contribution in [0.25, 0.3) is 0 Å². The number of carbonyl (C=O) groups is 2. The molecule has 0 aromatic heterocycles. The molecule has 4 nitrogen and oxygen atoms in total. The fraction of sp³-hybridized carbons (Fsp3) is 0.333. The SMILES string of the molecule is O=C(O)CC(=O)O.[H-].[H-].[H-].[H-].[Na+].[Na+].[Na+].[Na+]. The fourth-order valence-corrected chi connectivity index (χ4v) is 0.129.